The predicted octanol–water partition coefficient (Wildman–Crippen LogP) is 7.47. The number of benzene rings is 2. The molecule has 0 aliphatic rings. The molecule has 0 spiro atoms. The molecule has 0 aliphatic carbocycles. The van der Waals surface area contributed by atoms with Crippen LogP contribution >= 0.6 is 31.9 Å². The lowest BCUT2D eigenvalue weighted by atomic mass is 9.79. The van der Waals surface area contributed by atoms with Gasteiger partial charge in [0.1, 0.15) is 0 Å². The van der Waals surface area contributed by atoms with Crippen LogP contribution in [0.1, 0.15) is 52.7 Å². The van der Waals surface area contributed by atoms with Crippen LogP contribution in [-0.4, -0.2) is 0 Å². The second kappa shape index (κ2) is 6.13. The normalized spacial score (nSPS) is 12.5. The standard InChI is InChI=1S/C20H24Br2/c1-19(2,3)15-7-13(8-16(11-15)20(4,5)6)14-9-17(21)12-18(22)10-14/h7-12H,1-6H3. The maximum absolute atomic E-state index is 3.60. The van der Waals surface area contributed by atoms with Crippen LogP contribution in [-0.2, 0) is 10.8 Å². The summed E-state index contributed by atoms with van der Waals surface area (Å²) < 4.78 is 2.19. The third kappa shape index (κ3) is 4.23. The summed E-state index contributed by atoms with van der Waals surface area (Å²) in [5.41, 5.74) is 5.55. The average Bonchev–Trinajstić information content (AvgIpc) is 2.35. The van der Waals surface area contributed by atoms with Crippen LogP contribution in [0.3, 0.4) is 0 Å². The monoisotopic (exact) mass is 422 g/mol. The van der Waals surface area contributed by atoms with E-state index in [1.165, 1.54) is 22.3 Å². The largest absolute Gasteiger partial charge is 0.0561 e. The van der Waals surface area contributed by atoms with Crippen molar-refractivity contribution in [3.63, 3.8) is 0 Å². The van der Waals surface area contributed by atoms with Crippen molar-refractivity contribution < 1.29 is 0 Å². The smallest absolute Gasteiger partial charge is 0.0192 e. The molecule has 0 radical (unpaired) electrons. The summed E-state index contributed by atoms with van der Waals surface area (Å²) in [6, 6.07) is 13.4. The molecule has 2 aromatic rings. The zero-order valence-electron chi connectivity index (χ0n) is 14.2. The predicted molar refractivity (Wildman–Crippen MR) is 105 cm³/mol. The van der Waals surface area contributed by atoms with Crippen LogP contribution in [0.2, 0.25) is 0 Å². The van der Waals surface area contributed by atoms with Crippen molar-refractivity contribution in [3.05, 3.63) is 56.5 Å². The molecule has 118 valence electrons. The second-order valence-electron chi connectivity index (χ2n) is 7.96. The molecule has 0 saturated carbocycles. The Labute approximate surface area is 151 Å². The van der Waals surface area contributed by atoms with E-state index in [0.717, 1.165) is 8.95 Å². The van der Waals surface area contributed by atoms with Gasteiger partial charge in [0, 0.05) is 8.95 Å². The number of rotatable bonds is 1. The minimum absolute atomic E-state index is 0.138. The number of hydrogen-bond acceptors (Lipinski definition) is 0. The van der Waals surface area contributed by atoms with E-state index in [1.54, 1.807) is 0 Å². The van der Waals surface area contributed by atoms with E-state index in [0.29, 0.717) is 0 Å². The summed E-state index contributed by atoms with van der Waals surface area (Å²) in [6.45, 7) is 13.6. The van der Waals surface area contributed by atoms with Crippen molar-refractivity contribution in [3.8, 4) is 11.1 Å². The molecule has 0 amide bonds. The highest BCUT2D eigenvalue weighted by Crippen LogP contribution is 2.35. The fraction of sp³-hybridized carbons (Fsp3) is 0.400. The van der Waals surface area contributed by atoms with Crippen LogP contribution in [0.5, 0.6) is 0 Å². The van der Waals surface area contributed by atoms with Gasteiger partial charge in [-0.2, -0.15) is 0 Å². The minimum Gasteiger partial charge on any atom is -0.0561 e. The highest BCUT2D eigenvalue weighted by Gasteiger charge is 2.21. The lowest BCUT2D eigenvalue weighted by Gasteiger charge is -2.26. The van der Waals surface area contributed by atoms with Gasteiger partial charge in [0.2, 0.25) is 0 Å². The molecule has 0 bridgehead atoms. The van der Waals surface area contributed by atoms with Crippen molar-refractivity contribution in [2.45, 2.75) is 52.4 Å². The first-order valence-electron chi connectivity index (χ1n) is 7.59. The molecule has 0 aromatic heterocycles. The zero-order chi connectivity index (χ0) is 16.7. The summed E-state index contributed by atoms with van der Waals surface area (Å²) >= 11 is 7.19. The number of hydrogen-bond donors (Lipinski definition) is 0. The molecular formula is C20H24Br2. The van der Waals surface area contributed by atoms with Gasteiger partial charge in [-0.1, -0.05) is 91.6 Å². The first kappa shape index (κ1) is 17.7. The molecule has 0 aliphatic heterocycles. The summed E-state index contributed by atoms with van der Waals surface area (Å²) in [7, 11) is 0. The molecular weight excluding hydrogens is 400 g/mol. The van der Waals surface area contributed by atoms with E-state index in [9.17, 15) is 0 Å². The highest BCUT2D eigenvalue weighted by atomic mass is 79.9. The van der Waals surface area contributed by atoms with Gasteiger partial charge in [-0.25, -0.2) is 0 Å². The van der Waals surface area contributed by atoms with Crippen molar-refractivity contribution in [1.29, 1.82) is 0 Å². The van der Waals surface area contributed by atoms with Crippen LogP contribution < -0.4 is 0 Å². The summed E-state index contributed by atoms with van der Waals surface area (Å²) in [4.78, 5) is 0. The van der Waals surface area contributed by atoms with Gasteiger partial charge in [-0.3, -0.25) is 0 Å². The fourth-order valence-corrected chi connectivity index (χ4v) is 3.67. The summed E-state index contributed by atoms with van der Waals surface area (Å²) in [5.74, 6) is 0. The van der Waals surface area contributed by atoms with E-state index in [4.69, 9.17) is 0 Å². The lowest BCUT2D eigenvalue weighted by Crippen LogP contribution is -2.16. The molecule has 2 heteroatoms. The van der Waals surface area contributed by atoms with Crippen LogP contribution in [0.4, 0.5) is 0 Å². The number of halogens is 2. The van der Waals surface area contributed by atoms with Gasteiger partial charge in [0.25, 0.3) is 0 Å². The Hall–Kier alpha value is -0.600. The molecule has 0 atom stereocenters. The molecule has 0 N–H and O–H groups in total. The first-order chi connectivity index (χ1) is 9.96. The topological polar surface area (TPSA) is 0 Å². The Morgan fingerprint density at radius 3 is 1.27 bits per heavy atom. The fourth-order valence-electron chi connectivity index (χ4n) is 2.38. The Morgan fingerprint density at radius 1 is 0.545 bits per heavy atom. The van der Waals surface area contributed by atoms with Gasteiger partial charge < -0.3 is 0 Å². The lowest BCUT2D eigenvalue weighted by molar-refractivity contribution is 0.569. The molecule has 0 nitrogen and oxygen atoms in total. The molecule has 0 unspecified atom stereocenters. The van der Waals surface area contributed by atoms with E-state index >= 15 is 0 Å². The quantitative estimate of drug-likeness (QED) is 0.446. The van der Waals surface area contributed by atoms with Gasteiger partial charge in [-0.05, 0) is 51.3 Å². The van der Waals surface area contributed by atoms with Crippen molar-refractivity contribution in [1.82, 2.24) is 0 Å². The van der Waals surface area contributed by atoms with Crippen molar-refractivity contribution >= 4 is 31.9 Å². The average molecular weight is 424 g/mol. The summed E-state index contributed by atoms with van der Waals surface area (Å²) in [5, 5.41) is 0. The van der Waals surface area contributed by atoms with Gasteiger partial charge in [-0.15, -0.1) is 0 Å². The van der Waals surface area contributed by atoms with Gasteiger partial charge in [0.15, 0.2) is 0 Å². The van der Waals surface area contributed by atoms with Crippen LogP contribution in [0.25, 0.3) is 11.1 Å². The Kier molecular flexibility index (Phi) is 4.94. The zero-order valence-corrected chi connectivity index (χ0v) is 17.4. The third-order valence-electron chi connectivity index (χ3n) is 3.86. The Bertz CT molecular complexity index is 633. The molecule has 0 saturated heterocycles. The molecule has 0 fully saturated rings. The molecule has 2 rings (SSSR count). The molecule has 22 heavy (non-hydrogen) atoms. The van der Waals surface area contributed by atoms with E-state index in [-0.39, 0.29) is 10.8 Å². The van der Waals surface area contributed by atoms with Crippen LogP contribution in [0, 0.1) is 0 Å². The first-order valence-corrected chi connectivity index (χ1v) is 9.18. The second-order valence-corrected chi connectivity index (χ2v) is 9.79. The van der Waals surface area contributed by atoms with E-state index in [2.05, 4.69) is 110 Å². The van der Waals surface area contributed by atoms with Crippen LogP contribution in [0.15, 0.2) is 45.3 Å². The van der Waals surface area contributed by atoms with Gasteiger partial charge >= 0.3 is 0 Å². The Balaban J connectivity index is 2.70. The van der Waals surface area contributed by atoms with Crippen molar-refractivity contribution in [2.75, 3.05) is 0 Å². The van der Waals surface area contributed by atoms with Crippen molar-refractivity contribution in [2.24, 2.45) is 0 Å². The maximum Gasteiger partial charge on any atom is 0.0192 e. The van der Waals surface area contributed by atoms with Gasteiger partial charge in [0.05, 0.1) is 0 Å². The Morgan fingerprint density at radius 2 is 0.909 bits per heavy atom. The highest BCUT2D eigenvalue weighted by molar-refractivity contribution is 9.11. The minimum atomic E-state index is 0.138. The van der Waals surface area contributed by atoms with E-state index in [1.807, 2.05) is 0 Å². The third-order valence-corrected chi connectivity index (χ3v) is 4.78. The van der Waals surface area contributed by atoms with E-state index < -0.39 is 0 Å². The SMILES string of the molecule is CC(C)(C)c1cc(-c2cc(Br)cc(Br)c2)cc(C(C)(C)C)c1. The summed E-state index contributed by atoms with van der Waals surface area (Å²) in [6.07, 6.45) is 0. The molecule has 0 heterocycles. The molecule has 2 aromatic carbocycles. The maximum atomic E-state index is 3.60.